The molecule has 1 saturated heterocycles. The smallest absolute Gasteiger partial charge is 0.217 e. The highest BCUT2D eigenvalue weighted by Crippen LogP contribution is 2.33. The number of hydrogen-bond donors (Lipinski definition) is 1. The molecule has 7 nitrogen and oxygen atoms in total. The van der Waals surface area contributed by atoms with Crippen molar-refractivity contribution in [1.29, 1.82) is 0 Å². The molecule has 0 bridgehead atoms. The van der Waals surface area contributed by atoms with Gasteiger partial charge in [-0.05, 0) is 37.0 Å². The Labute approximate surface area is 188 Å². The van der Waals surface area contributed by atoms with Gasteiger partial charge in [-0.3, -0.25) is 14.6 Å². The number of primary amides is 1. The quantitative estimate of drug-likeness (QED) is 0.603. The Kier molecular flexibility index (Phi) is 7.63. The summed E-state index contributed by atoms with van der Waals surface area (Å²) >= 11 is 0. The van der Waals surface area contributed by atoms with Gasteiger partial charge >= 0.3 is 0 Å². The molecular formula is C25H31N3O4. The molecule has 0 spiro atoms. The number of ketones is 1. The summed E-state index contributed by atoms with van der Waals surface area (Å²) in [5.74, 6) is -0.383. The van der Waals surface area contributed by atoms with Crippen LogP contribution in [0.2, 0.25) is 0 Å². The van der Waals surface area contributed by atoms with Crippen LogP contribution in [0, 0.1) is 0 Å². The van der Waals surface area contributed by atoms with Gasteiger partial charge in [0.15, 0.2) is 5.78 Å². The molecule has 1 saturated carbocycles. The van der Waals surface area contributed by atoms with Gasteiger partial charge in [-0.25, -0.2) is 4.90 Å². The molecule has 32 heavy (non-hydrogen) atoms. The topological polar surface area (TPSA) is 94.8 Å². The van der Waals surface area contributed by atoms with Crippen LogP contribution in [0.5, 0.6) is 0 Å². The Hall–Kier alpha value is -2.61. The zero-order valence-electron chi connectivity index (χ0n) is 18.3. The molecule has 2 aromatic rings. The monoisotopic (exact) mass is 437 g/mol. The Morgan fingerprint density at radius 1 is 1.12 bits per heavy atom. The first-order valence-corrected chi connectivity index (χ1v) is 11.5. The summed E-state index contributed by atoms with van der Waals surface area (Å²) in [6, 6.07) is 11.0. The van der Waals surface area contributed by atoms with Crippen LogP contribution in [-0.2, 0) is 14.3 Å². The van der Waals surface area contributed by atoms with E-state index >= 15 is 0 Å². The molecule has 2 aliphatic rings. The first-order valence-electron chi connectivity index (χ1n) is 11.5. The summed E-state index contributed by atoms with van der Waals surface area (Å²) in [7, 11) is 0. The van der Waals surface area contributed by atoms with Crippen molar-refractivity contribution >= 4 is 11.7 Å². The van der Waals surface area contributed by atoms with Gasteiger partial charge in [-0.15, -0.1) is 0 Å². The molecule has 2 N–H and O–H groups in total. The van der Waals surface area contributed by atoms with Gasteiger partial charge in [0.25, 0.3) is 0 Å². The number of nitrogens with two attached hydrogens (primary N) is 1. The minimum atomic E-state index is -0.322. The molecule has 1 aromatic carbocycles. The molecular weight excluding hydrogens is 406 g/mol. The third-order valence-electron chi connectivity index (χ3n) is 6.22. The molecule has 0 radical (unpaired) electrons. The summed E-state index contributed by atoms with van der Waals surface area (Å²) in [6.45, 7) is 1.30. The second-order valence-electron chi connectivity index (χ2n) is 8.51. The van der Waals surface area contributed by atoms with E-state index in [9.17, 15) is 9.59 Å². The molecule has 1 amide bonds. The average Bonchev–Trinajstić information content (AvgIpc) is 3.32. The highest BCUT2D eigenvalue weighted by Gasteiger charge is 2.35. The van der Waals surface area contributed by atoms with E-state index in [4.69, 9.17) is 15.2 Å². The van der Waals surface area contributed by atoms with Crippen LogP contribution in [0.3, 0.4) is 0 Å². The summed E-state index contributed by atoms with van der Waals surface area (Å²) in [5.41, 5.74) is 7.56. The highest BCUT2D eigenvalue weighted by molar-refractivity contribution is 6.08. The largest absolute Gasteiger partial charge is 0.370 e. The molecule has 2 atom stereocenters. The van der Waals surface area contributed by atoms with Crippen molar-refractivity contribution in [2.75, 3.05) is 13.2 Å². The molecule has 170 valence electrons. The molecule has 2 fully saturated rings. The van der Waals surface area contributed by atoms with Crippen molar-refractivity contribution in [1.82, 2.24) is 9.88 Å². The second kappa shape index (κ2) is 10.8. The third kappa shape index (κ3) is 5.59. The number of amides is 1. The lowest BCUT2D eigenvalue weighted by Crippen LogP contribution is -2.41. The maximum absolute atomic E-state index is 12.7. The van der Waals surface area contributed by atoms with Crippen LogP contribution in [0.4, 0.5) is 0 Å². The van der Waals surface area contributed by atoms with Crippen LogP contribution in [-0.4, -0.2) is 47.1 Å². The SMILES string of the molecule is NC(=O)CCC(OC1CCCCC1)N1CCOC1c1ccc(C(=O)c2cccnc2)cc1. The van der Waals surface area contributed by atoms with Crippen molar-refractivity contribution in [2.45, 2.75) is 63.5 Å². The van der Waals surface area contributed by atoms with E-state index in [2.05, 4.69) is 9.88 Å². The van der Waals surface area contributed by atoms with Crippen LogP contribution in [0.15, 0.2) is 48.8 Å². The molecule has 7 heteroatoms. The predicted octanol–water partition coefficient (Wildman–Crippen LogP) is 3.58. The van der Waals surface area contributed by atoms with Crippen molar-refractivity contribution in [3.63, 3.8) is 0 Å². The van der Waals surface area contributed by atoms with E-state index in [0.29, 0.717) is 24.2 Å². The zero-order chi connectivity index (χ0) is 22.3. The van der Waals surface area contributed by atoms with Gasteiger partial charge < -0.3 is 15.2 Å². The zero-order valence-corrected chi connectivity index (χ0v) is 18.3. The number of pyridine rings is 1. The minimum absolute atomic E-state index is 0.0613. The average molecular weight is 438 g/mol. The van der Waals surface area contributed by atoms with Crippen molar-refractivity contribution in [3.8, 4) is 0 Å². The summed E-state index contributed by atoms with van der Waals surface area (Å²) in [4.78, 5) is 30.3. The number of ether oxygens (including phenoxy) is 2. The van der Waals surface area contributed by atoms with Crippen LogP contribution < -0.4 is 5.73 Å². The fourth-order valence-electron chi connectivity index (χ4n) is 4.53. The van der Waals surface area contributed by atoms with E-state index in [0.717, 1.165) is 24.9 Å². The first kappa shape index (κ1) is 22.6. The van der Waals surface area contributed by atoms with Gasteiger partial charge in [0.1, 0.15) is 12.5 Å². The molecule has 1 aliphatic heterocycles. The van der Waals surface area contributed by atoms with Gasteiger partial charge in [0, 0.05) is 36.5 Å². The van der Waals surface area contributed by atoms with Gasteiger partial charge in [-0.2, -0.15) is 0 Å². The molecule has 1 aromatic heterocycles. The normalized spacial score (nSPS) is 20.8. The number of rotatable bonds is 9. The number of carbonyl (C=O) groups is 2. The van der Waals surface area contributed by atoms with Gasteiger partial charge in [0.05, 0.1) is 12.7 Å². The predicted molar refractivity (Wildman–Crippen MR) is 120 cm³/mol. The first-order chi connectivity index (χ1) is 15.6. The fraction of sp³-hybridized carbons (Fsp3) is 0.480. The summed E-state index contributed by atoms with van der Waals surface area (Å²) in [6.07, 6.45) is 9.47. The minimum Gasteiger partial charge on any atom is -0.370 e. The Balaban J connectivity index is 1.48. The Morgan fingerprint density at radius 3 is 2.59 bits per heavy atom. The maximum Gasteiger partial charge on any atom is 0.217 e. The van der Waals surface area contributed by atoms with E-state index in [-0.39, 0.29) is 36.7 Å². The van der Waals surface area contributed by atoms with Crippen molar-refractivity contribution < 1.29 is 19.1 Å². The van der Waals surface area contributed by atoms with Gasteiger partial charge in [0.2, 0.25) is 5.91 Å². The number of nitrogens with zero attached hydrogens (tertiary/aromatic N) is 2. The highest BCUT2D eigenvalue weighted by atomic mass is 16.5. The maximum atomic E-state index is 12.7. The van der Waals surface area contributed by atoms with E-state index in [1.54, 1.807) is 24.5 Å². The van der Waals surface area contributed by atoms with Crippen LogP contribution in [0.1, 0.15) is 72.7 Å². The van der Waals surface area contributed by atoms with Crippen LogP contribution in [0.25, 0.3) is 0 Å². The van der Waals surface area contributed by atoms with E-state index in [1.165, 1.54) is 19.3 Å². The molecule has 1 aliphatic carbocycles. The fourth-order valence-corrected chi connectivity index (χ4v) is 4.53. The number of benzene rings is 1. The lowest BCUT2D eigenvalue weighted by Gasteiger charge is -2.35. The lowest BCUT2D eigenvalue weighted by atomic mass is 9.97. The molecule has 4 rings (SSSR count). The number of hydrogen-bond acceptors (Lipinski definition) is 6. The van der Waals surface area contributed by atoms with Gasteiger partial charge in [-0.1, -0.05) is 43.5 Å². The lowest BCUT2D eigenvalue weighted by molar-refractivity contribution is -0.145. The standard InChI is InChI=1S/C25H31N3O4/c26-22(29)12-13-23(32-21-6-2-1-3-7-21)28-15-16-31-25(28)19-10-8-18(9-11-19)24(30)20-5-4-14-27-17-20/h4-5,8-11,14,17,21,23,25H,1-3,6-7,12-13,15-16H2,(H2,26,29). The van der Waals surface area contributed by atoms with Crippen molar-refractivity contribution in [3.05, 3.63) is 65.5 Å². The van der Waals surface area contributed by atoms with E-state index < -0.39 is 0 Å². The molecule has 2 heterocycles. The van der Waals surface area contributed by atoms with Crippen molar-refractivity contribution in [2.24, 2.45) is 5.73 Å². The Morgan fingerprint density at radius 2 is 1.91 bits per heavy atom. The second-order valence-corrected chi connectivity index (χ2v) is 8.51. The van der Waals surface area contributed by atoms with Crippen LogP contribution >= 0.6 is 0 Å². The Bertz CT molecular complexity index is 897. The summed E-state index contributed by atoms with van der Waals surface area (Å²) in [5, 5.41) is 0. The summed E-state index contributed by atoms with van der Waals surface area (Å²) < 4.78 is 12.5. The molecule has 2 unspecified atom stereocenters. The number of aromatic nitrogens is 1. The van der Waals surface area contributed by atoms with E-state index in [1.807, 2.05) is 24.3 Å². The number of carbonyl (C=O) groups excluding carboxylic acids is 2. The third-order valence-corrected chi connectivity index (χ3v) is 6.22.